The van der Waals surface area contributed by atoms with E-state index in [2.05, 4.69) is 4.98 Å². The molecule has 1 aromatic rings. The van der Waals surface area contributed by atoms with Crippen molar-refractivity contribution in [1.29, 1.82) is 0 Å². The van der Waals surface area contributed by atoms with Crippen LogP contribution in [0.5, 0.6) is 0 Å². The molecule has 0 N–H and O–H groups in total. The Labute approximate surface area is 75.1 Å². The van der Waals surface area contributed by atoms with Crippen molar-refractivity contribution >= 4 is 11.8 Å². The number of hydrogen-bond donors (Lipinski definition) is 0. The van der Waals surface area contributed by atoms with Crippen molar-refractivity contribution in [3.63, 3.8) is 0 Å². The number of methoxy groups -OCH3 is 1. The molecule has 0 aromatic carbocycles. The van der Waals surface area contributed by atoms with Crippen molar-refractivity contribution in [2.24, 2.45) is 0 Å². The lowest BCUT2D eigenvalue weighted by Gasteiger charge is -1.98. The minimum atomic E-state index is -0.433. The molecule has 4 heteroatoms. The molecule has 0 fully saturated rings. The van der Waals surface area contributed by atoms with Crippen LogP contribution in [0.4, 0.5) is 4.39 Å². The van der Waals surface area contributed by atoms with Crippen LogP contribution in [0.25, 0.3) is 0 Å². The van der Waals surface area contributed by atoms with Gasteiger partial charge in [0.2, 0.25) is 5.95 Å². The largest absolute Gasteiger partial charge is 0.384 e. The van der Waals surface area contributed by atoms with Crippen LogP contribution >= 0.6 is 11.8 Å². The quantitative estimate of drug-likeness (QED) is 0.408. The van der Waals surface area contributed by atoms with Gasteiger partial charge in [-0.1, -0.05) is 6.07 Å². The molecule has 1 heterocycles. The Bertz CT molecular complexity index is 244. The van der Waals surface area contributed by atoms with Crippen LogP contribution < -0.4 is 0 Å². The lowest BCUT2D eigenvalue weighted by atomic mass is 10.5. The van der Waals surface area contributed by atoms with E-state index in [1.54, 1.807) is 19.2 Å². The van der Waals surface area contributed by atoms with Gasteiger partial charge in [0, 0.05) is 12.9 Å². The van der Waals surface area contributed by atoms with E-state index in [9.17, 15) is 4.39 Å². The fourth-order valence-corrected chi connectivity index (χ4v) is 1.49. The highest BCUT2D eigenvalue weighted by Crippen LogP contribution is 2.14. The minimum absolute atomic E-state index is 0.433. The number of hydrogen-bond acceptors (Lipinski definition) is 3. The molecule has 0 atom stereocenters. The monoisotopic (exact) mass is 187 g/mol. The molecule has 0 aliphatic rings. The molecule has 1 aromatic heterocycles. The van der Waals surface area contributed by atoms with E-state index < -0.39 is 5.95 Å². The Morgan fingerprint density at radius 3 is 3.08 bits per heavy atom. The van der Waals surface area contributed by atoms with Gasteiger partial charge in [0.15, 0.2) is 0 Å². The fraction of sp³-hybridized carbons (Fsp3) is 0.375. The standard InChI is InChI=1S/C8H10FNOS/c1-11-5-6-12-8-4-2-3-7(9)10-8/h2-4H,5-6H2,1H3. The third-order valence-corrected chi connectivity index (χ3v) is 2.12. The number of rotatable bonds is 4. The van der Waals surface area contributed by atoms with Crippen LogP contribution in [0.15, 0.2) is 23.2 Å². The summed E-state index contributed by atoms with van der Waals surface area (Å²) in [4.78, 5) is 3.69. The first-order valence-corrected chi connectivity index (χ1v) is 4.56. The molecule has 12 heavy (non-hydrogen) atoms. The first-order valence-electron chi connectivity index (χ1n) is 3.57. The van der Waals surface area contributed by atoms with E-state index in [4.69, 9.17) is 4.74 Å². The molecule has 0 amide bonds. The van der Waals surface area contributed by atoms with Gasteiger partial charge in [-0.3, -0.25) is 0 Å². The summed E-state index contributed by atoms with van der Waals surface area (Å²) in [5.74, 6) is 0.366. The van der Waals surface area contributed by atoms with Gasteiger partial charge in [0.1, 0.15) is 0 Å². The van der Waals surface area contributed by atoms with E-state index in [-0.39, 0.29) is 0 Å². The number of halogens is 1. The molecular weight excluding hydrogens is 177 g/mol. The van der Waals surface area contributed by atoms with Crippen LogP contribution in [0, 0.1) is 5.95 Å². The predicted molar refractivity (Wildman–Crippen MR) is 46.8 cm³/mol. The molecule has 0 aliphatic carbocycles. The Balaban J connectivity index is 2.41. The van der Waals surface area contributed by atoms with Crippen LogP contribution in [-0.4, -0.2) is 24.5 Å². The number of thioether (sulfide) groups is 1. The van der Waals surface area contributed by atoms with Crippen molar-refractivity contribution in [3.05, 3.63) is 24.1 Å². The number of aromatic nitrogens is 1. The van der Waals surface area contributed by atoms with Crippen LogP contribution in [0.2, 0.25) is 0 Å². The summed E-state index contributed by atoms with van der Waals surface area (Å²) in [6.45, 7) is 0.656. The summed E-state index contributed by atoms with van der Waals surface area (Å²) in [5.41, 5.74) is 0. The van der Waals surface area contributed by atoms with Crippen LogP contribution in [0.1, 0.15) is 0 Å². The lowest BCUT2D eigenvalue weighted by molar-refractivity contribution is 0.218. The average Bonchev–Trinajstić information content (AvgIpc) is 2.05. The van der Waals surface area contributed by atoms with Gasteiger partial charge < -0.3 is 4.74 Å². The van der Waals surface area contributed by atoms with Gasteiger partial charge in [0.25, 0.3) is 0 Å². The number of nitrogens with zero attached hydrogens (tertiary/aromatic N) is 1. The van der Waals surface area contributed by atoms with Gasteiger partial charge in [0.05, 0.1) is 11.6 Å². The highest BCUT2D eigenvalue weighted by molar-refractivity contribution is 7.99. The van der Waals surface area contributed by atoms with Gasteiger partial charge in [-0.2, -0.15) is 4.39 Å². The maximum absolute atomic E-state index is 12.5. The smallest absolute Gasteiger partial charge is 0.213 e. The van der Waals surface area contributed by atoms with E-state index in [1.807, 2.05) is 0 Å². The summed E-state index contributed by atoms with van der Waals surface area (Å²) in [6.07, 6.45) is 0. The Morgan fingerprint density at radius 1 is 1.58 bits per heavy atom. The summed E-state index contributed by atoms with van der Waals surface area (Å²) < 4.78 is 17.4. The van der Waals surface area contributed by atoms with E-state index in [0.29, 0.717) is 11.6 Å². The average molecular weight is 187 g/mol. The van der Waals surface area contributed by atoms with Crippen molar-refractivity contribution in [2.45, 2.75) is 5.03 Å². The zero-order valence-corrected chi connectivity index (χ0v) is 7.60. The van der Waals surface area contributed by atoms with Crippen LogP contribution in [-0.2, 0) is 4.74 Å². The second-order valence-electron chi connectivity index (χ2n) is 2.14. The molecule has 2 nitrogen and oxygen atoms in total. The normalized spacial score (nSPS) is 10.2. The molecule has 0 saturated carbocycles. The highest BCUT2D eigenvalue weighted by Gasteiger charge is 1.96. The van der Waals surface area contributed by atoms with Crippen molar-refractivity contribution in [1.82, 2.24) is 4.98 Å². The number of ether oxygens (including phenoxy) is 1. The first kappa shape index (κ1) is 9.48. The fourth-order valence-electron chi connectivity index (χ4n) is 0.700. The van der Waals surface area contributed by atoms with Crippen LogP contribution in [0.3, 0.4) is 0 Å². The lowest BCUT2D eigenvalue weighted by Crippen LogP contribution is -1.92. The zero-order valence-electron chi connectivity index (χ0n) is 6.79. The highest BCUT2D eigenvalue weighted by atomic mass is 32.2. The molecule has 0 aliphatic heterocycles. The second kappa shape index (κ2) is 5.11. The SMILES string of the molecule is COCCSc1cccc(F)n1. The molecule has 1 rings (SSSR count). The predicted octanol–water partition coefficient (Wildman–Crippen LogP) is 1.96. The van der Waals surface area contributed by atoms with Gasteiger partial charge in [-0.15, -0.1) is 11.8 Å². The Morgan fingerprint density at radius 2 is 2.42 bits per heavy atom. The zero-order chi connectivity index (χ0) is 8.81. The third kappa shape index (κ3) is 3.19. The van der Waals surface area contributed by atoms with Crippen molar-refractivity contribution in [3.8, 4) is 0 Å². The van der Waals surface area contributed by atoms with E-state index >= 15 is 0 Å². The summed E-state index contributed by atoms with van der Waals surface area (Å²) in [6, 6.07) is 4.77. The van der Waals surface area contributed by atoms with Gasteiger partial charge in [-0.05, 0) is 12.1 Å². The van der Waals surface area contributed by atoms with Gasteiger partial charge >= 0.3 is 0 Å². The maximum atomic E-state index is 12.5. The molecule has 0 saturated heterocycles. The summed E-state index contributed by atoms with van der Waals surface area (Å²) in [7, 11) is 1.64. The molecule has 0 spiro atoms. The molecule has 0 unspecified atom stereocenters. The van der Waals surface area contributed by atoms with Crippen molar-refractivity contribution < 1.29 is 9.13 Å². The third-order valence-electron chi connectivity index (χ3n) is 1.23. The molecule has 66 valence electrons. The molecule has 0 radical (unpaired) electrons. The van der Waals surface area contributed by atoms with Gasteiger partial charge in [-0.25, -0.2) is 4.98 Å². The second-order valence-corrected chi connectivity index (χ2v) is 3.26. The Kier molecular flexibility index (Phi) is 4.04. The maximum Gasteiger partial charge on any atom is 0.213 e. The minimum Gasteiger partial charge on any atom is -0.384 e. The van der Waals surface area contributed by atoms with E-state index in [0.717, 1.165) is 5.75 Å². The topological polar surface area (TPSA) is 22.1 Å². The Hall–Kier alpha value is -0.610. The van der Waals surface area contributed by atoms with E-state index in [1.165, 1.54) is 17.8 Å². The molecular formula is C8H10FNOS. The number of pyridine rings is 1. The summed E-state index contributed by atoms with van der Waals surface area (Å²) >= 11 is 1.48. The first-order chi connectivity index (χ1) is 5.83. The van der Waals surface area contributed by atoms with Crippen molar-refractivity contribution in [2.75, 3.05) is 19.5 Å². The summed E-state index contributed by atoms with van der Waals surface area (Å²) in [5, 5.41) is 0.701. The molecule has 0 bridgehead atoms.